The first-order chi connectivity index (χ1) is 25.7. The zero-order valence-corrected chi connectivity index (χ0v) is 31.6. The minimum atomic E-state index is -1.37. The predicted molar refractivity (Wildman–Crippen MR) is 205 cm³/mol. The Bertz CT molecular complexity index is 1690. The molecule has 3 aromatic carbocycles. The van der Waals surface area contributed by atoms with Gasteiger partial charge in [0.2, 0.25) is 29.5 Å². The number of nitrogens with one attached hydrogen (secondary N) is 5. The number of benzene rings is 3. The van der Waals surface area contributed by atoms with Crippen molar-refractivity contribution in [2.75, 3.05) is 6.54 Å². The van der Waals surface area contributed by atoms with Gasteiger partial charge in [0, 0.05) is 12.8 Å². The van der Waals surface area contributed by atoms with Gasteiger partial charge >= 0.3 is 0 Å². The summed E-state index contributed by atoms with van der Waals surface area (Å²) in [6.07, 6.45) is -0.902. The summed E-state index contributed by atoms with van der Waals surface area (Å²) in [6.45, 7) is 8.50. The van der Waals surface area contributed by atoms with E-state index in [0.29, 0.717) is 12.0 Å². The van der Waals surface area contributed by atoms with Gasteiger partial charge in [-0.25, -0.2) is 0 Å². The van der Waals surface area contributed by atoms with Crippen molar-refractivity contribution in [3.05, 3.63) is 108 Å². The molecule has 0 aliphatic rings. The molecule has 0 spiro atoms. The van der Waals surface area contributed by atoms with Crippen LogP contribution in [0.1, 0.15) is 63.8 Å². The molecular weight excluding hydrogens is 688 g/mol. The van der Waals surface area contributed by atoms with E-state index >= 15 is 0 Å². The maximum absolute atomic E-state index is 14.1. The number of aliphatic hydroxyl groups excluding tert-OH is 1. The quantitative estimate of drug-likeness (QED) is 0.0856. The number of nitrogens with two attached hydrogens (primary N) is 1. The summed E-state index contributed by atoms with van der Waals surface area (Å²) >= 11 is 0. The van der Waals surface area contributed by atoms with Crippen LogP contribution >= 0.6 is 0 Å². The summed E-state index contributed by atoms with van der Waals surface area (Å²) in [7, 11) is 0. The third kappa shape index (κ3) is 13.9. The minimum absolute atomic E-state index is 0.0674. The molecule has 13 heteroatoms. The van der Waals surface area contributed by atoms with Crippen LogP contribution in [0.15, 0.2) is 91.0 Å². The molecule has 6 atom stereocenters. The maximum Gasteiger partial charge on any atom is 0.243 e. The zero-order valence-electron chi connectivity index (χ0n) is 31.6. The monoisotopic (exact) mass is 742 g/mol. The van der Waals surface area contributed by atoms with E-state index in [2.05, 4.69) is 26.6 Å². The van der Waals surface area contributed by atoms with E-state index in [9.17, 15) is 33.9 Å². The predicted octanol–water partition coefficient (Wildman–Crippen LogP) is 1.88. The van der Waals surface area contributed by atoms with Gasteiger partial charge in [-0.15, -0.1) is 0 Å². The van der Waals surface area contributed by atoms with Crippen molar-refractivity contribution < 1.29 is 33.9 Å². The third-order valence-corrected chi connectivity index (χ3v) is 8.84. The highest BCUT2D eigenvalue weighted by molar-refractivity contribution is 5.96. The van der Waals surface area contributed by atoms with E-state index in [1.54, 1.807) is 92.7 Å². The minimum Gasteiger partial charge on any atom is -0.380 e. The zero-order chi connectivity index (χ0) is 39.8. The van der Waals surface area contributed by atoms with Crippen molar-refractivity contribution in [1.29, 1.82) is 0 Å². The van der Waals surface area contributed by atoms with E-state index in [0.717, 1.165) is 11.1 Å². The molecule has 8 N–H and O–H groups in total. The molecule has 0 aliphatic heterocycles. The second kappa shape index (κ2) is 21.3. The highest BCUT2D eigenvalue weighted by Gasteiger charge is 2.33. The van der Waals surface area contributed by atoms with E-state index in [1.807, 2.05) is 26.0 Å². The molecule has 54 heavy (non-hydrogen) atoms. The van der Waals surface area contributed by atoms with Gasteiger partial charge in [0.05, 0.1) is 12.6 Å². The SMILES string of the molecule is CC(C)C[C@@H](NC(=O)[C@H](NC(=O)[C@@H](Cc1ccccc1)NC(=O)[C@@H](Cc1ccccc1)NC(=O)[C@@H](C)NCC(=O)C(O)c1ccccc1)C(C)C)C(N)=O. The molecule has 0 heterocycles. The third-order valence-electron chi connectivity index (χ3n) is 8.84. The molecule has 3 rings (SSSR count). The van der Waals surface area contributed by atoms with Crippen molar-refractivity contribution in [3.8, 4) is 0 Å². The van der Waals surface area contributed by atoms with E-state index in [4.69, 9.17) is 5.73 Å². The first-order valence-corrected chi connectivity index (χ1v) is 18.2. The fraction of sp³-hybridized carbons (Fsp3) is 0.415. The van der Waals surface area contributed by atoms with Crippen LogP contribution in [0.3, 0.4) is 0 Å². The fourth-order valence-corrected chi connectivity index (χ4v) is 5.72. The van der Waals surface area contributed by atoms with Crippen molar-refractivity contribution in [2.24, 2.45) is 17.6 Å². The Morgan fingerprint density at radius 2 is 1.04 bits per heavy atom. The highest BCUT2D eigenvalue weighted by atomic mass is 16.3. The molecule has 1 unspecified atom stereocenters. The van der Waals surface area contributed by atoms with Crippen LogP contribution < -0.4 is 32.3 Å². The average Bonchev–Trinajstić information content (AvgIpc) is 3.15. The number of Topliss-reactive ketones (excluding diaryl/α,β-unsaturated/α-hetero) is 1. The molecule has 5 amide bonds. The highest BCUT2D eigenvalue weighted by Crippen LogP contribution is 2.13. The first kappa shape index (κ1) is 43.0. The normalized spacial score (nSPS) is 14.5. The second-order valence-corrected chi connectivity index (χ2v) is 14.2. The lowest BCUT2D eigenvalue weighted by Crippen LogP contribution is -2.60. The molecule has 0 aromatic heterocycles. The molecule has 290 valence electrons. The Morgan fingerprint density at radius 3 is 1.50 bits per heavy atom. The summed E-state index contributed by atoms with van der Waals surface area (Å²) in [4.78, 5) is 79.6. The number of carbonyl (C=O) groups excluding carboxylic acids is 6. The maximum atomic E-state index is 14.1. The lowest BCUT2D eigenvalue weighted by Gasteiger charge is -2.28. The van der Waals surface area contributed by atoms with E-state index in [-0.39, 0.29) is 25.3 Å². The lowest BCUT2D eigenvalue weighted by atomic mass is 9.98. The van der Waals surface area contributed by atoms with Crippen LogP contribution in [0.4, 0.5) is 0 Å². The lowest BCUT2D eigenvalue weighted by molar-refractivity contribution is -0.135. The van der Waals surface area contributed by atoms with Crippen LogP contribution in [0.25, 0.3) is 0 Å². The summed E-state index contributed by atoms with van der Waals surface area (Å²) in [5.74, 6) is -4.01. The Kier molecular flexibility index (Phi) is 17.0. The van der Waals surface area contributed by atoms with Gasteiger partial charge < -0.3 is 32.1 Å². The topological polar surface area (TPSA) is 209 Å². The van der Waals surface area contributed by atoms with Gasteiger partial charge in [-0.05, 0) is 41.9 Å². The van der Waals surface area contributed by atoms with Crippen LogP contribution in [-0.4, -0.2) is 77.2 Å². The molecule has 13 nitrogen and oxygen atoms in total. The van der Waals surface area contributed by atoms with Gasteiger partial charge in [-0.2, -0.15) is 0 Å². The molecular formula is C41H54N6O7. The van der Waals surface area contributed by atoms with Gasteiger partial charge in [0.1, 0.15) is 30.3 Å². The van der Waals surface area contributed by atoms with Gasteiger partial charge in [0.25, 0.3) is 0 Å². The number of hydrogen-bond donors (Lipinski definition) is 7. The molecule has 0 saturated carbocycles. The van der Waals surface area contributed by atoms with Crippen molar-refractivity contribution in [2.45, 2.75) is 90.2 Å². The number of carbonyl (C=O) groups is 6. The van der Waals surface area contributed by atoms with Crippen LogP contribution in [0.2, 0.25) is 0 Å². The smallest absolute Gasteiger partial charge is 0.243 e. The molecule has 0 saturated heterocycles. The summed E-state index contributed by atoms with van der Waals surface area (Å²) in [6, 6.07) is 21.2. The van der Waals surface area contributed by atoms with Crippen molar-refractivity contribution in [1.82, 2.24) is 26.6 Å². The van der Waals surface area contributed by atoms with Crippen LogP contribution in [-0.2, 0) is 41.6 Å². The fourth-order valence-electron chi connectivity index (χ4n) is 5.72. The number of amides is 5. The second-order valence-electron chi connectivity index (χ2n) is 14.2. The van der Waals surface area contributed by atoms with Crippen molar-refractivity contribution in [3.63, 3.8) is 0 Å². The number of aliphatic hydroxyl groups is 1. The van der Waals surface area contributed by atoms with Crippen molar-refractivity contribution >= 4 is 35.3 Å². The molecule has 0 radical (unpaired) electrons. The Labute approximate surface area is 317 Å². The molecule has 0 bridgehead atoms. The van der Waals surface area contributed by atoms with Crippen LogP contribution in [0, 0.1) is 11.8 Å². The number of hydrogen-bond acceptors (Lipinski definition) is 8. The van der Waals surface area contributed by atoms with E-state index in [1.165, 1.54) is 6.92 Å². The van der Waals surface area contributed by atoms with Gasteiger partial charge in [0.15, 0.2) is 5.78 Å². The van der Waals surface area contributed by atoms with E-state index < -0.39 is 77.6 Å². The number of primary amides is 1. The number of rotatable bonds is 21. The average molecular weight is 743 g/mol. The standard InChI is InChI=1S/C41H54N6O7/c1-25(2)21-31(37(42)50)44-41(54)35(26(3)4)47-40(53)33(23-29-17-11-7-12-18-29)46-39(52)32(22-28-15-9-6-10-16-28)45-38(51)27(5)43-24-34(48)36(49)30-19-13-8-14-20-30/h6-20,25-27,31-33,35-36,43,49H,21-24H2,1-5H3,(H2,42,50)(H,44,54)(H,45,51)(H,46,52)(H,47,53)/t27-,31-,32-,33-,35-,36?/m1/s1. The summed E-state index contributed by atoms with van der Waals surface area (Å²) < 4.78 is 0. The largest absolute Gasteiger partial charge is 0.380 e. The number of ketones is 1. The molecule has 0 fully saturated rings. The Morgan fingerprint density at radius 1 is 0.593 bits per heavy atom. The van der Waals surface area contributed by atoms with Crippen LogP contribution in [0.5, 0.6) is 0 Å². The Balaban J connectivity index is 1.80. The summed E-state index contributed by atoms with van der Waals surface area (Å²) in [5.41, 5.74) is 7.46. The first-order valence-electron chi connectivity index (χ1n) is 18.2. The summed E-state index contributed by atoms with van der Waals surface area (Å²) in [5, 5.41) is 24.3. The molecule has 0 aliphatic carbocycles. The molecule has 3 aromatic rings. The van der Waals surface area contributed by atoms with Gasteiger partial charge in [-0.3, -0.25) is 34.1 Å². The Hall–Kier alpha value is -5.40. The van der Waals surface area contributed by atoms with Gasteiger partial charge in [-0.1, -0.05) is 119 Å².